The van der Waals surface area contributed by atoms with Crippen LogP contribution in [-0.4, -0.2) is 43.5 Å². The van der Waals surface area contributed by atoms with Crippen molar-refractivity contribution in [2.75, 3.05) is 32.0 Å². The Morgan fingerprint density at radius 2 is 2.26 bits per heavy atom. The Balaban J connectivity index is 0.00000180. The highest BCUT2D eigenvalue weighted by Crippen LogP contribution is 2.25. The van der Waals surface area contributed by atoms with Crippen molar-refractivity contribution in [2.45, 2.75) is 6.04 Å². The highest BCUT2D eigenvalue weighted by atomic mass is 79.9. The van der Waals surface area contributed by atoms with Gasteiger partial charge in [0.05, 0.1) is 17.3 Å². The summed E-state index contributed by atoms with van der Waals surface area (Å²) in [4.78, 5) is 13.9. The topological polar surface area (TPSA) is 44.4 Å². The van der Waals surface area contributed by atoms with E-state index in [1.54, 1.807) is 12.1 Å². The van der Waals surface area contributed by atoms with Crippen molar-refractivity contribution in [3.05, 3.63) is 27.7 Å². The molecule has 0 bridgehead atoms. The van der Waals surface area contributed by atoms with Gasteiger partial charge in [0.15, 0.2) is 0 Å². The van der Waals surface area contributed by atoms with Crippen molar-refractivity contribution in [3.63, 3.8) is 0 Å². The highest BCUT2D eigenvalue weighted by Gasteiger charge is 2.23. The highest BCUT2D eigenvalue weighted by molar-refractivity contribution is 9.10. The number of halogens is 3. The van der Waals surface area contributed by atoms with Gasteiger partial charge in [-0.05, 0) is 25.2 Å². The molecule has 2 N–H and O–H groups in total. The van der Waals surface area contributed by atoms with Gasteiger partial charge in [-0.2, -0.15) is 0 Å². The quantitative estimate of drug-likeness (QED) is 0.857. The number of benzene rings is 1. The molecule has 0 aliphatic carbocycles. The molecule has 1 aliphatic rings. The lowest BCUT2D eigenvalue weighted by Crippen LogP contribution is -2.57. The molecule has 106 valence electrons. The second kappa shape index (κ2) is 7.45. The summed E-state index contributed by atoms with van der Waals surface area (Å²) in [6.45, 7) is 2.27. The van der Waals surface area contributed by atoms with Crippen molar-refractivity contribution in [3.8, 4) is 0 Å². The van der Waals surface area contributed by atoms with E-state index in [1.165, 1.54) is 0 Å². The predicted octanol–water partition coefficient (Wildman–Crippen LogP) is 2.37. The molecule has 19 heavy (non-hydrogen) atoms. The molecule has 0 saturated carbocycles. The van der Waals surface area contributed by atoms with Crippen molar-refractivity contribution < 1.29 is 4.79 Å². The van der Waals surface area contributed by atoms with Crippen LogP contribution in [0.2, 0.25) is 5.02 Å². The lowest BCUT2D eigenvalue weighted by Gasteiger charge is -2.35. The van der Waals surface area contributed by atoms with E-state index in [2.05, 4.69) is 26.6 Å². The van der Waals surface area contributed by atoms with Gasteiger partial charge < -0.3 is 10.6 Å². The van der Waals surface area contributed by atoms with Gasteiger partial charge in [0.2, 0.25) is 5.91 Å². The summed E-state index contributed by atoms with van der Waals surface area (Å²) in [5.74, 6) is -0.0476. The first-order chi connectivity index (χ1) is 8.56. The number of carbonyl (C=O) groups is 1. The average molecular weight is 369 g/mol. The number of amides is 1. The first-order valence-electron chi connectivity index (χ1n) is 5.72. The zero-order valence-corrected chi connectivity index (χ0v) is 13.6. The van der Waals surface area contributed by atoms with Crippen LogP contribution in [0.3, 0.4) is 0 Å². The molecular weight excluding hydrogens is 353 g/mol. The van der Waals surface area contributed by atoms with Crippen LogP contribution in [0.25, 0.3) is 0 Å². The number of hydrogen-bond acceptors (Lipinski definition) is 3. The molecule has 0 atom stereocenters. The fourth-order valence-electron chi connectivity index (χ4n) is 1.72. The predicted molar refractivity (Wildman–Crippen MR) is 84.3 cm³/mol. The molecule has 1 aliphatic heterocycles. The van der Waals surface area contributed by atoms with E-state index in [1.807, 2.05) is 18.0 Å². The number of likely N-dealkylation sites (N-methyl/N-ethyl adjacent to an activating group) is 1. The SMILES string of the molecule is CN(CC(=O)Nc1ccc(Br)cc1Cl)C1CNC1.Cl. The average Bonchev–Trinajstić information content (AvgIpc) is 2.19. The Hall–Kier alpha value is -0.330. The van der Waals surface area contributed by atoms with Crippen LogP contribution < -0.4 is 10.6 Å². The summed E-state index contributed by atoms with van der Waals surface area (Å²) in [6, 6.07) is 5.85. The first-order valence-corrected chi connectivity index (χ1v) is 6.89. The van der Waals surface area contributed by atoms with E-state index in [4.69, 9.17) is 11.6 Å². The van der Waals surface area contributed by atoms with E-state index in [0.717, 1.165) is 17.6 Å². The monoisotopic (exact) mass is 367 g/mol. The number of rotatable bonds is 4. The van der Waals surface area contributed by atoms with Crippen LogP contribution in [0.5, 0.6) is 0 Å². The summed E-state index contributed by atoms with van der Waals surface area (Å²) in [6.07, 6.45) is 0. The molecule has 0 unspecified atom stereocenters. The van der Waals surface area contributed by atoms with Gasteiger partial charge in [-0.3, -0.25) is 9.69 Å². The minimum absolute atomic E-state index is 0. The van der Waals surface area contributed by atoms with Crippen LogP contribution in [0.1, 0.15) is 0 Å². The fraction of sp³-hybridized carbons (Fsp3) is 0.417. The molecular formula is C12H16BrCl2N3O. The number of nitrogens with one attached hydrogen (secondary N) is 2. The van der Waals surface area contributed by atoms with Gasteiger partial charge in [0.25, 0.3) is 0 Å². The third-order valence-electron chi connectivity index (χ3n) is 2.98. The molecule has 2 rings (SSSR count). The maximum atomic E-state index is 11.9. The zero-order valence-electron chi connectivity index (χ0n) is 10.5. The number of nitrogens with zero attached hydrogens (tertiary/aromatic N) is 1. The van der Waals surface area contributed by atoms with Gasteiger partial charge in [-0.25, -0.2) is 0 Å². The molecule has 7 heteroatoms. The molecule has 1 saturated heterocycles. The third kappa shape index (κ3) is 4.61. The Kier molecular flexibility index (Phi) is 6.56. The van der Waals surface area contributed by atoms with Crippen LogP contribution in [0, 0.1) is 0 Å². The van der Waals surface area contributed by atoms with Crippen molar-refractivity contribution in [1.29, 1.82) is 0 Å². The van der Waals surface area contributed by atoms with E-state index in [-0.39, 0.29) is 18.3 Å². The normalized spacial score (nSPS) is 14.7. The molecule has 0 spiro atoms. The third-order valence-corrected chi connectivity index (χ3v) is 3.79. The maximum Gasteiger partial charge on any atom is 0.238 e. The Bertz CT molecular complexity index is 455. The summed E-state index contributed by atoms with van der Waals surface area (Å²) in [5.41, 5.74) is 0.644. The standard InChI is InChI=1S/C12H15BrClN3O.ClH/c1-17(9-5-15-6-9)7-12(18)16-11-3-2-8(13)4-10(11)14;/h2-4,9,15H,5-7H2,1H3,(H,16,18);1H. The van der Waals surface area contributed by atoms with Crippen LogP contribution >= 0.6 is 39.9 Å². The minimum atomic E-state index is -0.0476. The molecule has 1 aromatic carbocycles. The summed E-state index contributed by atoms with van der Waals surface area (Å²) in [7, 11) is 1.95. The lowest BCUT2D eigenvalue weighted by atomic mass is 10.1. The smallest absolute Gasteiger partial charge is 0.238 e. The molecule has 1 fully saturated rings. The maximum absolute atomic E-state index is 11.9. The second-order valence-electron chi connectivity index (χ2n) is 4.40. The molecule has 1 heterocycles. The molecule has 0 aromatic heterocycles. The van der Waals surface area contributed by atoms with E-state index >= 15 is 0 Å². The van der Waals surface area contributed by atoms with Crippen molar-refractivity contribution in [1.82, 2.24) is 10.2 Å². The Labute approximate surface area is 132 Å². The Morgan fingerprint density at radius 1 is 1.58 bits per heavy atom. The Morgan fingerprint density at radius 3 is 2.79 bits per heavy atom. The summed E-state index contributed by atoms with van der Waals surface area (Å²) in [5, 5.41) is 6.53. The second-order valence-corrected chi connectivity index (χ2v) is 5.72. The summed E-state index contributed by atoms with van der Waals surface area (Å²) >= 11 is 9.37. The van der Waals surface area contributed by atoms with Crippen LogP contribution in [-0.2, 0) is 4.79 Å². The minimum Gasteiger partial charge on any atom is -0.324 e. The first kappa shape index (κ1) is 16.7. The molecule has 1 aromatic rings. The molecule has 1 amide bonds. The van der Waals surface area contributed by atoms with Crippen molar-refractivity contribution in [2.24, 2.45) is 0 Å². The van der Waals surface area contributed by atoms with Gasteiger partial charge in [0.1, 0.15) is 0 Å². The zero-order chi connectivity index (χ0) is 13.1. The lowest BCUT2D eigenvalue weighted by molar-refractivity contribution is -0.117. The van der Waals surface area contributed by atoms with Crippen LogP contribution in [0.15, 0.2) is 22.7 Å². The van der Waals surface area contributed by atoms with Gasteiger partial charge in [-0.1, -0.05) is 27.5 Å². The number of carbonyl (C=O) groups excluding carboxylic acids is 1. The van der Waals surface area contributed by atoms with E-state index < -0.39 is 0 Å². The van der Waals surface area contributed by atoms with Gasteiger partial charge >= 0.3 is 0 Å². The van der Waals surface area contributed by atoms with Crippen LogP contribution in [0.4, 0.5) is 5.69 Å². The fourth-order valence-corrected chi connectivity index (χ4v) is 2.44. The van der Waals surface area contributed by atoms with E-state index in [0.29, 0.717) is 23.3 Å². The summed E-state index contributed by atoms with van der Waals surface area (Å²) < 4.78 is 0.892. The largest absolute Gasteiger partial charge is 0.324 e. The number of hydrogen-bond donors (Lipinski definition) is 2. The van der Waals surface area contributed by atoms with Crippen molar-refractivity contribution >= 4 is 51.5 Å². The molecule has 0 radical (unpaired) electrons. The van der Waals surface area contributed by atoms with Gasteiger partial charge in [0, 0.05) is 23.6 Å². The van der Waals surface area contributed by atoms with E-state index in [9.17, 15) is 4.79 Å². The number of anilines is 1. The van der Waals surface area contributed by atoms with Gasteiger partial charge in [-0.15, -0.1) is 12.4 Å². The molecule has 4 nitrogen and oxygen atoms in total.